The number of aromatic nitrogens is 1. The zero-order chi connectivity index (χ0) is 29.3. The monoisotopic (exact) mass is 556 g/mol. The fourth-order valence-corrected chi connectivity index (χ4v) is 5.61. The van der Waals surface area contributed by atoms with Crippen molar-refractivity contribution in [1.29, 1.82) is 0 Å². The predicted octanol–water partition coefficient (Wildman–Crippen LogP) is 3.55. The number of Topliss-reactive ketones (excluding diaryl/α,β-unsaturated/α-hetero) is 1. The molecule has 2 saturated heterocycles. The van der Waals surface area contributed by atoms with Crippen LogP contribution in [0.3, 0.4) is 0 Å². The lowest BCUT2D eigenvalue weighted by atomic mass is 9.86. The quantitative estimate of drug-likeness (QED) is 0.501. The highest BCUT2D eigenvalue weighted by Gasteiger charge is 2.52. The van der Waals surface area contributed by atoms with Gasteiger partial charge < -0.3 is 15.1 Å². The van der Waals surface area contributed by atoms with Crippen molar-refractivity contribution in [2.24, 2.45) is 0 Å². The van der Waals surface area contributed by atoms with E-state index in [1.54, 1.807) is 42.6 Å². The Morgan fingerprint density at radius 3 is 2.34 bits per heavy atom. The van der Waals surface area contributed by atoms with Crippen LogP contribution in [0.25, 0.3) is 0 Å². The van der Waals surface area contributed by atoms with Crippen molar-refractivity contribution < 1.29 is 23.6 Å². The number of nitrogens with zero attached hydrogens (tertiary/aromatic N) is 3. The minimum absolute atomic E-state index is 0.0809. The van der Waals surface area contributed by atoms with E-state index in [1.165, 1.54) is 28.1 Å². The Morgan fingerprint density at radius 2 is 1.71 bits per heavy atom. The van der Waals surface area contributed by atoms with Crippen LogP contribution in [0.1, 0.15) is 59.0 Å². The number of halogens is 1. The van der Waals surface area contributed by atoms with E-state index < -0.39 is 35.8 Å². The molecular formula is C32H33FN4O4. The molecule has 3 heterocycles. The summed E-state index contributed by atoms with van der Waals surface area (Å²) in [4.78, 5) is 60.6. The van der Waals surface area contributed by atoms with Gasteiger partial charge in [-0.25, -0.2) is 4.39 Å². The molecule has 3 aromatic rings. The Morgan fingerprint density at radius 1 is 1.00 bits per heavy atom. The van der Waals surface area contributed by atoms with Gasteiger partial charge in [-0.05, 0) is 59.4 Å². The van der Waals surface area contributed by atoms with Gasteiger partial charge in [-0.1, -0.05) is 45.0 Å². The number of hydrogen-bond donors (Lipinski definition) is 1. The summed E-state index contributed by atoms with van der Waals surface area (Å²) >= 11 is 0. The van der Waals surface area contributed by atoms with Crippen LogP contribution in [0.5, 0.6) is 0 Å². The average molecular weight is 557 g/mol. The zero-order valence-corrected chi connectivity index (χ0v) is 23.3. The van der Waals surface area contributed by atoms with Crippen molar-refractivity contribution in [3.8, 4) is 0 Å². The third-order valence-electron chi connectivity index (χ3n) is 7.84. The van der Waals surface area contributed by atoms with E-state index in [-0.39, 0.29) is 36.6 Å². The van der Waals surface area contributed by atoms with Gasteiger partial charge in [0.05, 0.1) is 18.2 Å². The summed E-state index contributed by atoms with van der Waals surface area (Å²) in [6, 6.07) is 14.1. The number of pyridine rings is 1. The number of likely N-dealkylation sites (tertiary alicyclic amines) is 2. The Bertz CT molecular complexity index is 1450. The lowest BCUT2D eigenvalue weighted by Gasteiger charge is -2.28. The second-order valence-electron chi connectivity index (χ2n) is 11.7. The van der Waals surface area contributed by atoms with E-state index >= 15 is 0 Å². The van der Waals surface area contributed by atoms with Crippen molar-refractivity contribution in [3.05, 3.63) is 101 Å². The zero-order valence-electron chi connectivity index (χ0n) is 23.3. The third-order valence-corrected chi connectivity index (χ3v) is 7.84. The molecule has 8 nitrogen and oxygen atoms in total. The smallest absolute Gasteiger partial charge is 0.256 e. The molecule has 0 bridgehead atoms. The minimum Gasteiger partial charge on any atom is -0.340 e. The molecule has 2 fully saturated rings. The van der Waals surface area contributed by atoms with Crippen LogP contribution in [0.2, 0.25) is 0 Å². The first-order valence-corrected chi connectivity index (χ1v) is 13.7. The standard InChI is InChI=1S/C32H33FN4O4/c1-32(2,3)23-10-8-21(9-11-23)29(39)35-25(17-20-6-12-24(33)13-7-20)31(41)36-16-14-26-28(36)27(38)19-37(26)30(40)22-5-4-15-34-18-22/h4-13,15,18,25-26,28H,14,16-17,19H2,1-3H3,(H,35,39)/t25-,26?,28-/m0/s1. The summed E-state index contributed by atoms with van der Waals surface area (Å²) < 4.78 is 13.6. The number of carbonyl (C=O) groups excluding carboxylic acids is 4. The van der Waals surface area contributed by atoms with Gasteiger partial charge in [0.15, 0.2) is 5.78 Å². The van der Waals surface area contributed by atoms with Crippen LogP contribution >= 0.6 is 0 Å². The molecule has 9 heteroatoms. The van der Waals surface area contributed by atoms with Gasteiger partial charge in [0.2, 0.25) is 5.91 Å². The summed E-state index contributed by atoms with van der Waals surface area (Å²) in [6.45, 7) is 6.42. The number of fused-ring (bicyclic) bond motifs is 1. The summed E-state index contributed by atoms with van der Waals surface area (Å²) in [5.41, 5.74) is 2.43. The second-order valence-corrected chi connectivity index (χ2v) is 11.7. The molecule has 0 aliphatic carbocycles. The molecule has 2 aliphatic heterocycles. The normalized spacial score (nSPS) is 19.2. The number of rotatable bonds is 6. The molecule has 0 spiro atoms. The molecule has 3 amide bonds. The molecule has 2 aromatic carbocycles. The molecular weight excluding hydrogens is 523 g/mol. The van der Waals surface area contributed by atoms with Gasteiger partial charge >= 0.3 is 0 Å². The summed E-state index contributed by atoms with van der Waals surface area (Å²) in [6.07, 6.45) is 3.59. The van der Waals surface area contributed by atoms with Gasteiger partial charge in [-0.15, -0.1) is 0 Å². The van der Waals surface area contributed by atoms with Crippen molar-refractivity contribution in [3.63, 3.8) is 0 Å². The number of carbonyl (C=O) groups is 4. The summed E-state index contributed by atoms with van der Waals surface area (Å²) in [5.74, 6) is -1.76. The first-order valence-electron chi connectivity index (χ1n) is 13.7. The average Bonchev–Trinajstić information content (AvgIpc) is 3.54. The summed E-state index contributed by atoms with van der Waals surface area (Å²) in [7, 11) is 0. The fourth-order valence-electron chi connectivity index (χ4n) is 5.61. The predicted molar refractivity (Wildman–Crippen MR) is 151 cm³/mol. The Balaban J connectivity index is 1.37. The highest BCUT2D eigenvalue weighted by atomic mass is 19.1. The van der Waals surface area contributed by atoms with Gasteiger partial charge in [0.25, 0.3) is 11.8 Å². The van der Waals surface area contributed by atoms with Crippen molar-refractivity contribution >= 4 is 23.5 Å². The van der Waals surface area contributed by atoms with Gasteiger partial charge in [-0.2, -0.15) is 0 Å². The Labute approximate surface area is 238 Å². The van der Waals surface area contributed by atoms with E-state index in [0.29, 0.717) is 23.1 Å². The first-order chi connectivity index (χ1) is 19.5. The fraction of sp³-hybridized carbons (Fsp3) is 0.344. The van der Waals surface area contributed by atoms with Crippen LogP contribution in [0.4, 0.5) is 4.39 Å². The van der Waals surface area contributed by atoms with Crippen LogP contribution in [0.15, 0.2) is 73.1 Å². The van der Waals surface area contributed by atoms with E-state index in [4.69, 9.17) is 0 Å². The van der Waals surface area contributed by atoms with Crippen LogP contribution < -0.4 is 5.32 Å². The van der Waals surface area contributed by atoms with Crippen LogP contribution in [0, 0.1) is 5.82 Å². The molecule has 1 aromatic heterocycles. The SMILES string of the molecule is CC(C)(C)c1ccc(C(=O)N[C@@H](Cc2ccc(F)cc2)C(=O)N2CCC3[C@H]2C(=O)CN3C(=O)c2cccnc2)cc1. The first kappa shape index (κ1) is 28.1. The third kappa shape index (κ3) is 5.89. The van der Waals surface area contributed by atoms with Gasteiger partial charge in [-0.3, -0.25) is 24.2 Å². The molecule has 212 valence electrons. The minimum atomic E-state index is -0.995. The lowest BCUT2D eigenvalue weighted by molar-refractivity contribution is -0.138. The van der Waals surface area contributed by atoms with Crippen LogP contribution in [-0.2, 0) is 21.4 Å². The highest BCUT2D eigenvalue weighted by molar-refractivity contribution is 6.03. The van der Waals surface area contributed by atoms with Crippen molar-refractivity contribution in [2.45, 2.75) is 57.2 Å². The number of hydrogen-bond acceptors (Lipinski definition) is 5. The number of amides is 3. The molecule has 2 aliphatic rings. The molecule has 1 N–H and O–H groups in total. The molecule has 0 saturated carbocycles. The maximum Gasteiger partial charge on any atom is 0.256 e. The van der Waals surface area contributed by atoms with E-state index in [1.807, 2.05) is 12.1 Å². The van der Waals surface area contributed by atoms with E-state index in [0.717, 1.165) is 5.56 Å². The van der Waals surface area contributed by atoms with E-state index in [2.05, 4.69) is 31.1 Å². The largest absolute Gasteiger partial charge is 0.340 e. The van der Waals surface area contributed by atoms with Crippen molar-refractivity contribution in [1.82, 2.24) is 20.1 Å². The Kier molecular flexibility index (Phi) is 7.71. The van der Waals surface area contributed by atoms with E-state index in [9.17, 15) is 23.6 Å². The molecule has 3 atom stereocenters. The number of nitrogens with one attached hydrogen (secondary N) is 1. The lowest BCUT2D eigenvalue weighted by Crippen LogP contribution is -2.53. The molecule has 41 heavy (non-hydrogen) atoms. The topological polar surface area (TPSA) is 99.7 Å². The maximum atomic E-state index is 14.0. The summed E-state index contributed by atoms with van der Waals surface area (Å²) in [5, 5.41) is 2.86. The second kappa shape index (κ2) is 11.2. The van der Waals surface area contributed by atoms with Gasteiger partial charge in [0, 0.05) is 30.9 Å². The highest BCUT2D eigenvalue weighted by Crippen LogP contribution is 2.31. The van der Waals surface area contributed by atoms with Crippen LogP contribution in [-0.4, -0.2) is 69.5 Å². The maximum absolute atomic E-state index is 14.0. The van der Waals surface area contributed by atoms with Gasteiger partial charge in [0.1, 0.15) is 17.9 Å². The molecule has 5 rings (SSSR count). The number of benzene rings is 2. The van der Waals surface area contributed by atoms with Crippen molar-refractivity contribution in [2.75, 3.05) is 13.1 Å². The molecule has 1 unspecified atom stereocenters. The Hall–Kier alpha value is -4.40. The molecule has 0 radical (unpaired) electrons. The number of ketones is 1.